The molecule has 0 aliphatic rings. The van der Waals surface area contributed by atoms with Crippen LogP contribution in [-0.2, 0) is 0 Å². The summed E-state index contributed by atoms with van der Waals surface area (Å²) in [7, 11) is 1.65. The predicted octanol–water partition coefficient (Wildman–Crippen LogP) is 2.16. The molecule has 2 N–H and O–H groups in total. The molecule has 0 atom stereocenters. The van der Waals surface area contributed by atoms with Crippen molar-refractivity contribution in [3.63, 3.8) is 0 Å². The first-order chi connectivity index (χ1) is 6.88. The van der Waals surface area contributed by atoms with Gasteiger partial charge in [-0.25, -0.2) is 0 Å². The van der Waals surface area contributed by atoms with Crippen LogP contribution in [-0.4, -0.2) is 17.3 Å². The van der Waals surface area contributed by atoms with Gasteiger partial charge in [0.2, 0.25) is 0 Å². The molecule has 0 aliphatic carbocycles. The highest BCUT2D eigenvalue weighted by Gasteiger charge is 1.95. The molecule has 2 aromatic rings. The van der Waals surface area contributed by atoms with Crippen molar-refractivity contribution in [1.29, 1.82) is 0 Å². The van der Waals surface area contributed by atoms with Gasteiger partial charge in [-0.1, -0.05) is 0 Å². The van der Waals surface area contributed by atoms with E-state index in [0.29, 0.717) is 0 Å². The van der Waals surface area contributed by atoms with Gasteiger partial charge in [0.1, 0.15) is 5.75 Å². The lowest BCUT2D eigenvalue weighted by Crippen LogP contribution is -1.88. The zero-order chi connectivity index (χ0) is 9.80. The van der Waals surface area contributed by atoms with E-state index in [-0.39, 0.29) is 0 Å². The summed E-state index contributed by atoms with van der Waals surface area (Å²) in [4.78, 5) is 0. The van der Waals surface area contributed by atoms with Gasteiger partial charge in [0.15, 0.2) is 0 Å². The maximum absolute atomic E-state index is 5.06. The number of nitrogens with zero attached hydrogens (tertiary/aromatic N) is 1. The van der Waals surface area contributed by atoms with Crippen LogP contribution in [0.2, 0.25) is 0 Å². The molecular formula is C10H11N3O. The summed E-state index contributed by atoms with van der Waals surface area (Å²) < 4.78 is 5.06. The van der Waals surface area contributed by atoms with Gasteiger partial charge in [0, 0.05) is 11.9 Å². The van der Waals surface area contributed by atoms with Crippen LogP contribution in [0.15, 0.2) is 36.7 Å². The van der Waals surface area contributed by atoms with E-state index in [2.05, 4.69) is 15.5 Å². The summed E-state index contributed by atoms with van der Waals surface area (Å²) >= 11 is 0. The maximum Gasteiger partial charge on any atom is 0.119 e. The number of aromatic nitrogens is 2. The van der Waals surface area contributed by atoms with Gasteiger partial charge in [-0.05, 0) is 24.3 Å². The molecule has 0 spiro atoms. The van der Waals surface area contributed by atoms with E-state index in [9.17, 15) is 0 Å². The van der Waals surface area contributed by atoms with Crippen molar-refractivity contribution in [1.82, 2.24) is 10.2 Å². The number of rotatable bonds is 3. The van der Waals surface area contributed by atoms with Gasteiger partial charge in [-0.2, -0.15) is 5.10 Å². The molecule has 0 fully saturated rings. The molecule has 4 nitrogen and oxygen atoms in total. The van der Waals surface area contributed by atoms with Crippen LogP contribution in [0.5, 0.6) is 5.75 Å². The van der Waals surface area contributed by atoms with E-state index in [4.69, 9.17) is 4.74 Å². The first-order valence-electron chi connectivity index (χ1n) is 4.28. The second-order valence-corrected chi connectivity index (χ2v) is 2.84. The molecule has 0 aliphatic heterocycles. The highest BCUT2D eigenvalue weighted by atomic mass is 16.5. The van der Waals surface area contributed by atoms with E-state index in [1.807, 2.05) is 24.3 Å². The van der Waals surface area contributed by atoms with E-state index in [0.717, 1.165) is 17.1 Å². The topological polar surface area (TPSA) is 49.9 Å². The molecule has 4 heteroatoms. The first kappa shape index (κ1) is 8.62. The summed E-state index contributed by atoms with van der Waals surface area (Å²) in [5.41, 5.74) is 1.95. The smallest absolute Gasteiger partial charge is 0.119 e. The lowest BCUT2D eigenvalue weighted by molar-refractivity contribution is 0.415. The standard InChI is InChI=1S/C10H11N3O/c1-14-10-4-2-8(3-5-10)13-9-6-11-12-7-9/h2-7,13H,1H3,(H,11,12). The minimum Gasteiger partial charge on any atom is -0.497 e. The van der Waals surface area contributed by atoms with Gasteiger partial charge in [-0.3, -0.25) is 5.10 Å². The average molecular weight is 189 g/mol. The molecule has 0 bridgehead atoms. The van der Waals surface area contributed by atoms with Crippen molar-refractivity contribution >= 4 is 11.4 Å². The molecule has 1 aromatic heterocycles. The Hall–Kier alpha value is -1.97. The van der Waals surface area contributed by atoms with Crippen molar-refractivity contribution in [2.45, 2.75) is 0 Å². The normalized spacial score (nSPS) is 9.79. The maximum atomic E-state index is 5.06. The second kappa shape index (κ2) is 3.83. The van der Waals surface area contributed by atoms with Crippen molar-refractivity contribution in [3.05, 3.63) is 36.7 Å². The van der Waals surface area contributed by atoms with Gasteiger partial charge in [0.25, 0.3) is 0 Å². The third kappa shape index (κ3) is 1.85. The van der Waals surface area contributed by atoms with Crippen LogP contribution < -0.4 is 10.1 Å². The largest absolute Gasteiger partial charge is 0.497 e. The number of anilines is 2. The van der Waals surface area contributed by atoms with Crippen LogP contribution in [0.1, 0.15) is 0 Å². The Morgan fingerprint density at radius 1 is 1.21 bits per heavy atom. The predicted molar refractivity (Wildman–Crippen MR) is 54.9 cm³/mol. The van der Waals surface area contributed by atoms with Crippen molar-refractivity contribution in [2.24, 2.45) is 0 Å². The molecule has 2 rings (SSSR count). The van der Waals surface area contributed by atoms with Crippen LogP contribution in [0.25, 0.3) is 0 Å². The summed E-state index contributed by atoms with van der Waals surface area (Å²) in [6.45, 7) is 0. The minimum atomic E-state index is 0.850. The van der Waals surface area contributed by atoms with Crippen molar-refractivity contribution in [2.75, 3.05) is 12.4 Å². The fraction of sp³-hybridized carbons (Fsp3) is 0.100. The molecule has 0 saturated heterocycles. The number of methoxy groups -OCH3 is 1. The molecule has 1 aromatic carbocycles. The third-order valence-electron chi connectivity index (χ3n) is 1.88. The van der Waals surface area contributed by atoms with Gasteiger partial charge in [-0.15, -0.1) is 0 Å². The van der Waals surface area contributed by atoms with Crippen LogP contribution in [0.3, 0.4) is 0 Å². The molecule has 14 heavy (non-hydrogen) atoms. The number of hydrogen-bond acceptors (Lipinski definition) is 3. The summed E-state index contributed by atoms with van der Waals surface area (Å²) in [5, 5.41) is 9.76. The molecule has 0 saturated carbocycles. The SMILES string of the molecule is COc1ccc(Nc2cn[nH]c2)cc1. The van der Waals surface area contributed by atoms with E-state index < -0.39 is 0 Å². The number of H-pyrrole nitrogens is 1. The van der Waals surface area contributed by atoms with E-state index in [1.54, 1.807) is 19.5 Å². The van der Waals surface area contributed by atoms with Gasteiger partial charge >= 0.3 is 0 Å². The van der Waals surface area contributed by atoms with Crippen LogP contribution in [0.4, 0.5) is 11.4 Å². The monoisotopic (exact) mass is 189 g/mol. The molecule has 0 unspecified atom stereocenters. The first-order valence-corrected chi connectivity index (χ1v) is 4.28. The Morgan fingerprint density at radius 2 is 2.00 bits per heavy atom. The summed E-state index contributed by atoms with van der Waals surface area (Å²) in [6, 6.07) is 7.71. The fourth-order valence-electron chi connectivity index (χ4n) is 1.16. The number of ether oxygens (including phenoxy) is 1. The number of hydrogen-bond donors (Lipinski definition) is 2. The zero-order valence-electron chi connectivity index (χ0n) is 7.82. The number of benzene rings is 1. The Labute approximate surface area is 81.9 Å². The Morgan fingerprint density at radius 3 is 2.57 bits per heavy atom. The van der Waals surface area contributed by atoms with E-state index >= 15 is 0 Å². The molecule has 72 valence electrons. The highest BCUT2D eigenvalue weighted by Crippen LogP contribution is 2.18. The second-order valence-electron chi connectivity index (χ2n) is 2.84. The van der Waals surface area contributed by atoms with Crippen molar-refractivity contribution < 1.29 is 4.74 Å². The third-order valence-corrected chi connectivity index (χ3v) is 1.88. The lowest BCUT2D eigenvalue weighted by atomic mass is 10.3. The Bertz CT molecular complexity index is 380. The molecular weight excluding hydrogens is 178 g/mol. The van der Waals surface area contributed by atoms with Gasteiger partial charge in [0.05, 0.1) is 19.0 Å². The summed E-state index contributed by atoms with van der Waals surface area (Å²) in [5.74, 6) is 0.850. The minimum absolute atomic E-state index is 0.850. The molecule has 0 radical (unpaired) electrons. The highest BCUT2D eigenvalue weighted by molar-refractivity contribution is 5.58. The number of aromatic amines is 1. The number of nitrogens with one attached hydrogen (secondary N) is 2. The lowest BCUT2D eigenvalue weighted by Gasteiger charge is -2.04. The zero-order valence-corrected chi connectivity index (χ0v) is 7.82. The van der Waals surface area contributed by atoms with Gasteiger partial charge < -0.3 is 10.1 Å². The van der Waals surface area contributed by atoms with Crippen molar-refractivity contribution in [3.8, 4) is 5.75 Å². The Kier molecular flexibility index (Phi) is 2.36. The van der Waals surface area contributed by atoms with Crippen LogP contribution in [0, 0.1) is 0 Å². The molecule has 1 heterocycles. The average Bonchev–Trinajstić information content (AvgIpc) is 2.72. The van der Waals surface area contributed by atoms with E-state index in [1.165, 1.54) is 0 Å². The fourth-order valence-corrected chi connectivity index (χ4v) is 1.16. The van der Waals surface area contributed by atoms with Crippen LogP contribution >= 0.6 is 0 Å². The molecule has 0 amide bonds. The Balaban J connectivity index is 2.10. The summed E-state index contributed by atoms with van der Waals surface area (Å²) in [6.07, 6.45) is 3.52. The quantitative estimate of drug-likeness (QED) is 0.777.